The molecule has 2 amide bonds. The van der Waals surface area contributed by atoms with Gasteiger partial charge in [0.05, 0.1) is 18.3 Å². The first-order chi connectivity index (χ1) is 15.7. The highest BCUT2D eigenvalue weighted by atomic mass is 16.3. The molecule has 1 aliphatic carbocycles. The van der Waals surface area contributed by atoms with Gasteiger partial charge in [0.2, 0.25) is 5.91 Å². The number of fused-ring (bicyclic) bond motifs is 3. The Hall–Kier alpha value is -3.02. The van der Waals surface area contributed by atoms with Crippen LogP contribution in [0.2, 0.25) is 0 Å². The maximum Gasteiger partial charge on any atom is 0.276 e. The summed E-state index contributed by atoms with van der Waals surface area (Å²) in [7, 11) is 0. The molecule has 0 radical (unpaired) electrons. The molecule has 0 bridgehead atoms. The largest absolute Gasteiger partial charge is 0.463 e. The number of amides is 2. The molecule has 3 heterocycles. The number of nitrogens with zero attached hydrogens (tertiary/aromatic N) is 2. The van der Waals surface area contributed by atoms with E-state index in [2.05, 4.69) is 19.2 Å². The van der Waals surface area contributed by atoms with Crippen molar-refractivity contribution in [2.45, 2.75) is 72.0 Å². The molecule has 2 aromatic heterocycles. The Morgan fingerprint density at radius 2 is 1.94 bits per heavy atom. The van der Waals surface area contributed by atoms with E-state index in [1.54, 1.807) is 17.2 Å². The molecule has 1 saturated carbocycles. The van der Waals surface area contributed by atoms with Gasteiger partial charge in [0, 0.05) is 23.9 Å². The minimum atomic E-state index is -1.08. The minimum Gasteiger partial charge on any atom is -0.463 e. The lowest BCUT2D eigenvalue weighted by Gasteiger charge is -2.46. The van der Waals surface area contributed by atoms with Gasteiger partial charge in [-0.15, -0.1) is 0 Å². The number of nitrogens with one attached hydrogen (secondary N) is 1. The molecule has 1 aromatic carbocycles. The van der Waals surface area contributed by atoms with Gasteiger partial charge in [-0.1, -0.05) is 38.8 Å². The summed E-state index contributed by atoms with van der Waals surface area (Å²) in [5.74, 6) is 0.701. The van der Waals surface area contributed by atoms with Gasteiger partial charge in [0.15, 0.2) is 5.58 Å². The molecule has 33 heavy (non-hydrogen) atoms. The first-order valence-electron chi connectivity index (χ1n) is 12.0. The zero-order chi connectivity index (χ0) is 23.5. The Morgan fingerprint density at radius 1 is 1.15 bits per heavy atom. The van der Waals surface area contributed by atoms with Crippen molar-refractivity contribution in [3.05, 3.63) is 53.4 Å². The molecule has 4 atom stereocenters. The first-order valence-corrected chi connectivity index (χ1v) is 12.0. The number of aryl methyl sites for hydroxylation is 2. The predicted octanol–water partition coefficient (Wildman–Crippen LogP) is 5.21. The number of carbonyl (C=O) groups is 2. The number of benzene rings is 1. The van der Waals surface area contributed by atoms with Crippen LogP contribution in [0.5, 0.6) is 0 Å². The second kappa shape index (κ2) is 7.79. The minimum absolute atomic E-state index is 0.0984. The fourth-order valence-electron chi connectivity index (χ4n) is 5.66. The molecule has 0 saturated heterocycles. The molecule has 174 valence electrons. The number of anilines is 1. The lowest BCUT2D eigenvalue weighted by molar-refractivity contribution is -0.128. The second-order valence-electron chi connectivity index (χ2n) is 10.3. The highest BCUT2D eigenvalue weighted by molar-refractivity contribution is 6.14. The summed E-state index contributed by atoms with van der Waals surface area (Å²) < 4.78 is 7.53. The SMILES string of the molecule is Cc1ccc(C)c(N2C(=O)c3cc4occc4n3C[C@]2(C)C(=O)N[C@@H]2CCC[C@@H](C)[C@@H]2C)c1. The third-order valence-corrected chi connectivity index (χ3v) is 8.02. The van der Waals surface area contributed by atoms with E-state index in [1.807, 2.05) is 49.6 Å². The van der Waals surface area contributed by atoms with Crippen LogP contribution in [-0.2, 0) is 11.3 Å². The fourth-order valence-corrected chi connectivity index (χ4v) is 5.66. The van der Waals surface area contributed by atoms with Gasteiger partial charge in [0.1, 0.15) is 11.2 Å². The lowest BCUT2D eigenvalue weighted by Crippen LogP contribution is -2.66. The summed E-state index contributed by atoms with van der Waals surface area (Å²) in [6.45, 7) is 10.8. The monoisotopic (exact) mass is 447 g/mol. The van der Waals surface area contributed by atoms with Crippen LogP contribution in [0.1, 0.15) is 61.6 Å². The lowest BCUT2D eigenvalue weighted by atomic mass is 9.77. The molecule has 0 unspecified atom stereocenters. The zero-order valence-electron chi connectivity index (χ0n) is 20.1. The van der Waals surface area contributed by atoms with Gasteiger partial charge >= 0.3 is 0 Å². The van der Waals surface area contributed by atoms with Crippen molar-refractivity contribution >= 4 is 28.6 Å². The molecule has 2 aliphatic rings. The van der Waals surface area contributed by atoms with E-state index in [0.29, 0.717) is 29.7 Å². The van der Waals surface area contributed by atoms with Crippen molar-refractivity contribution in [2.75, 3.05) is 4.90 Å². The average molecular weight is 448 g/mol. The quantitative estimate of drug-likeness (QED) is 0.599. The highest BCUT2D eigenvalue weighted by Gasteiger charge is 2.50. The van der Waals surface area contributed by atoms with Crippen molar-refractivity contribution in [3.8, 4) is 0 Å². The standard InChI is InChI=1S/C27H33N3O3/c1-16-9-10-18(3)22(13-16)30-25(31)23-14-24-21(11-12-33-24)29(23)15-27(30,5)26(32)28-20-8-6-7-17(2)19(20)4/h9-14,17,19-20H,6-8,15H2,1-5H3,(H,28,32)/t17-,19+,20-,27-/m1/s1. The maximum atomic E-state index is 14.0. The van der Waals surface area contributed by atoms with E-state index in [1.165, 1.54) is 6.42 Å². The number of furan rings is 1. The molecular formula is C27H33N3O3. The second-order valence-corrected chi connectivity index (χ2v) is 10.3. The van der Waals surface area contributed by atoms with Gasteiger partial charge in [0.25, 0.3) is 5.91 Å². The normalized spacial score (nSPS) is 27.6. The Kier molecular flexibility index (Phi) is 5.15. The predicted molar refractivity (Wildman–Crippen MR) is 129 cm³/mol. The molecule has 5 rings (SSSR count). The molecular weight excluding hydrogens is 414 g/mol. The Balaban J connectivity index is 1.61. The van der Waals surface area contributed by atoms with Crippen molar-refractivity contribution in [1.82, 2.24) is 9.88 Å². The number of aromatic nitrogens is 1. The number of hydrogen-bond acceptors (Lipinski definition) is 3. The summed E-state index contributed by atoms with van der Waals surface area (Å²) in [4.78, 5) is 29.7. The van der Waals surface area contributed by atoms with E-state index in [4.69, 9.17) is 4.42 Å². The molecule has 3 aromatic rings. The van der Waals surface area contributed by atoms with E-state index >= 15 is 0 Å². The van der Waals surface area contributed by atoms with Crippen molar-refractivity contribution in [3.63, 3.8) is 0 Å². The van der Waals surface area contributed by atoms with Crippen LogP contribution in [0.15, 0.2) is 41.0 Å². The third kappa shape index (κ3) is 3.38. The Bertz CT molecular complexity index is 1240. The van der Waals surface area contributed by atoms with Crippen LogP contribution < -0.4 is 10.2 Å². The van der Waals surface area contributed by atoms with Crippen molar-refractivity contribution < 1.29 is 14.0 Å². The van der Waals surface area contributed by atoms with Crippen molar-refractivity contribution in [1.29, 1.82) is 0 Å². The van der Waals surface area contributed by atoms with E-state index in [9.17, 15) is 9.59 Å². The average Bonchev–Trinajstić information content (AvgIpc) is 3.36. The van der Waals surface area contributed by atoms with Gasteiger partial charge in [-0.2, -0.15) is 0 Å². The molecule has 6 nitrogen and oxygen atoms in total. The summed E-state index contributed by atoms with van der Waals surface area (Å²) in [6, 6.07) is 9.83. The molecule has 1 fully saturated rings. The topological polar surface area (TPSA) is 67.5 Å². The van der Waals surface area contributed by atoms with E-state index < -0.39 is 5.54 Å². The van der Waals surface area contributed by atoms with E-state index in [0.717, 1.165) is 35.2 Å². The van der Waals surface area contributed by atoms with E-state index in [-0.39, 0.29) is 17.9 Å². The molecule has 1 aliphatic heterocycles. The van der Waals surface area contributed by atoms with Gasteiger partial charge in [-0.05, 0) is 56.2 Å². The van der Waals surface area contributed by atoms with Crippen molar-refractivity contribution in [2.24, 2.45) is 11.8 Å². The maximum absolute atomic E-state index is 14.0. The van der Waals surface area contributed by atoms with Crippen LogP contribution in [0.3, 0.4) is 0 Å². The summed E-state index contributed by atoms with van der Waals surface area (Å²) in [6.07, 6.45) is 4.92. The number of hydrogen-bond donors (Lipinski definition) is 1. The summed E-state index contributed by atoms with van der Waals surface area (Å²) in [5, 5.41) is 3.36. The molecule has 1 N–H and O–H groups in total. The fraction of sp³-hybridized carbons (Fsp3) is 0.481. The van der Waals surface area contributed by atoms with Gasteiger partial charge < -0.3 is 14.3 Å². The van der Waals surface area contributed by atoms with Crippen LogP contribution in [-0.4, -0.2) is 28.0 Å². The molecule has 6 heteroatoms. The highest BCUT2D eigenvalue weighted by Crippen LogP contribution is 2.38. The summed E-state index contributed by atoms with van der Waals surface area (Å²) >= 11 is 0. The number of rotatable bonds is 3. The van der Waals surface area contributed by atoms with Crippen LogP contribution in [0.4, 0.5) is 5.69 Å². The van der Waals surface area contributed by atoms with Gasteiger partial charge in [-0.25, -0.2) is 0 Å². The zero-order valence-corrected chi connectivity index (χ0v) is 20.1. The third-order valence-electron chi connectivity index (χ3n) is 8.02. The Morgan fingerprint density at radius 3 is 2.73 bits per heavy atom. The first kappa shape index (κ1) is 21.8. The van der Waals surface area contributed by atoms with Crippen LogP contribution in [0, 0.1) is 25.7 Å². The smallest absolute Gasteiger partial charge is 0.276 e. The van der Waals surface area contributed by atoms with Crippen LogP contribution in [0.25, 0.3) is 11.1 Å². The molecule has 0 spiro atoms. The number of carbonyl (C=O) groups excluding carboxylic acids is 2. The van der Waals surface area contributed by atoms with Crippen LogP contribution >= 0.6 is 0 Å². The summed E-state index contributed by atoms with van der Waals surface area (Å²) in [5.41, 5.74) is 3.79. The van der Waals surface area contributed by atoms with Gasteiger partial charge in [-0.3, -0.25) is 14.5 Å². The Labute approximate surface area is 194 Å².